The van der Waals surface area contributed by atoms with E-state index in [-0.39, 0.29) is 11.7 Å². The molecule has 1 fully saturated rings. The van der Waals surface area contributed by atoms with E-state index in [9.17, 15) is 4.79 Å². The topological polar surface area (TPSA) is 48.0 Å². The molecule has 2 aromatic rings. The van der Waals surface area contributed by atoms with E-state index >= 15 is 0 Å². The molecule has 0 radical (unpaired) electrons. The minimum absolute atomic E-state index is 0.0585. The van der Waals surface area contributed by atoms with E-state index in [1.807, 2.05) is 30.3 Å². The number of halogens is 1. The first kappa shape index (κ1) is 19.3. The van der Waals surface area contributed by atoms with Crippen molar-refractivity contribution in [2.75, 3.05) is 33.4 Å². The van der Waals surface area contributed by atoms with Gasteiger partial charge in [-0.3, -0.25) is 9.69 Å². The van der Waals surface area contributed by atoms with Crippen molar-refractivity contribution in [1.82, 2.24) is 4.90 Å². The summed E-state index contributed by atoms with van der Waals surface area (Å²) >= 11 is 3.53. The number of carbonyl (C=O) groups excluding carboxylic acids is 1. The van der Waals surface area contributed by atoms with Crippen LogP contribution in [0.5, 0.6) is 17.2 Å². The third kappa shape index (κ3) is 4.18. The summed E-state index contributed by atoms with van der Waals surface area (Å²) in [6.07, 6.45) is 1.73. The van der Waals surface area contributed by atoms with Crippen LogP contribution in [-0.2, 0) is 6.54 Å². The molecule has 0 spiro atoms. The summed E-state index contributed by atoms with van der Waals surface area (Å²) in [6, 6.07) is 11.6. The number of hydrogen-bond acceptors (Lipinski definition) is 5. The first-order chi connectivity index (χ1) is 13.6. The van der Waals surface area contributed by atoms with Crippen LogP contribution in [0.15, 0.2) is 40.9 Å². The summed E-state index contributed by atoms with van der Waals surface area (Å²) < 4.78 is 17.7. The van der Waals surface area contributed by atoms with Crippen molar-refractivity contribution in [3.05, 3.63) is 52.0 Å². The molecule has 0 amide bonds. The van der Waals surface area contributed by atoms with Gasteiger partial charge in [0.15, 0.2) is 17.3 Å². The number of Topliss-reactive ketones (excluding diaryl/α,β-unsaturated/α-hetero) is 1. The van der Waals surface area contributed by atoms with Gasteiger partial charge >= 0.3 is 0 Å². The number of rotatable bonds is 5. The van der Waals surface area contributed by atoms with Crippen molar-refractivity contribution in [3.8, 4) is 17.2 Å². The Bertz CT molecular complexity index is 862. The molecule has 0 aliphatic carbocycles. The van der Waals surface area contributed by atoms with Gasteiger partial charge in [-0.15, -0.1) is 0 Å². The average molecular weight is 446 g/mol. The second-order valence-corrected chi connectivity index (χ2v) is 8.14. The third-order valence-electron chi connectivity index (χ3n) is 5.42. The molecular formula is C22H24BrNO4. The maximum Gasteiger partial charge on any atom is 0.166 e. The van der Waals surface area contributed by atoms with Crippen LogP contribution >= 0.6 is 15.9 Å². The standard InChI is InChI=1S/C22H24BrNO4/c1-26-19-5-3-18(23)12-17(19)14-24-8-6-15(7-9-24)22(25)16-2-4-20-21(13-16)28-11-10-27-20/h2-5,12-13,15H,6-11,14H2,1H3. The molecule has 2 aliphatic rings. The Labute approximate surface area is 173 Å². The van der Waals surface area contributed by atoms with Crippen LogP contribution in [0, 0.1) is 5.92 Å². The molecule has 5 nitrogen and oxygen atoms in total. The molecule has 4 rings (SSSR count). The Kier molecular flexibility index (Phi) is 5.87. The van der Waals surface area contributed by atoms with Crippen LogP contribution in [0.4, 0.5) is 0 Å². The number of ketones is 1. The van der Waals surface area contributed by atoms with Gasteiger partial charge in [-0.25, -0.2) is 0 Å². The average Bonchev–Trinajstić information content (AvgIpc) is 2.73. The monoisotopic (exact) mass is 445 g/mol. The minimum Gasteiger partial charge on any atom is -0.496 e. The Morgan fingerprint density at radius 1 is 1.11 bits per heavy atom. The molecule has 148 valence electrons. The fraction of sp³-hybridized carbons (Fsp3) is 0.409. The lowest BCUT2D eigenvalue weighted by Crippen LogP contribution is -2.36. The highest BCUT2D eigenvalue weighted by Gasteiger charge is 2.27. The molecule has 2 aliphatic heterocycles. The van der Waals surface area contributed by atoms with E-state index < -0.39 is 0 Å². The van der Waals surface area contributed by atoms with Crippen molar-refractivity contribution >= 4 is 21.7 Å². The number of methoxy groups -OCH3 is 1. The quantitative estimate of drug-likeness (QED) is 0.641. The Balaban J connectivity index is 1.38. The number of ether oxygens (including phenoxy) is 3. The fourth-order valence-corrected chi connectivity index (χ4v) is 4.31. The maximum atomic E-state index is 13.0. The Hall–Kier alpha value is -2.05. The molecule has 0 N–H and O–H groups in total. The zero-order valence-corrected chi connectivity index (χ0v) is 17.5. The second-order valence-electron chi connectivity index (χ2n) is 7.23. The molecule has 0 unspecified atom stereocenters. The lowest BCUT2D eigenvalue weighted by molar-refractivity contribution is 0.0833. The first-order valence-electron chi connectivity index (χ1n) is 9.62. The zero-order valence-electron chi connectivity index (χ0n) is 15.9. The molecule has 28 heavy (non-hydrogen) atoms. The van der Waals surface area contributed by atoms with Gasteiger partial charge in [0.2, 0.25) is 0 Å². The van der Waals surface area contributed by atoms with Gasteiger partial charge in [0.05, 0.1) is 7.11 Å². The van der Waals surface area contributed by atoms with E-state index in [1.165, 1.54) is 0 Å². The predicted molar refractivity (Wildman–Crippen MR) is 110 cm³/mol. The molecule has 0 aromatic heterocycles. The second kappa shape index (κ2) is 8.53. The molecule has 0 bridgehead atoms. The van der Waals surface area contributed by atoms with Gasteiger partial charge in [0, 0.05) is 28.1 Å². The van der Waals surface area contributed by atoms with Crippen molar-refractivity contribution in [1.29, 1.82) is 0 Å². The SMILES string of the molecule is COc1ccc(Br)cc1CN1CCC(C(=O)c2ccc3c(c2)OCCO3)CC1. The lowest BCUT2D eigenvalue weighted by Gasteiger charge is -2.31. The Morgan fingerprint density at radius 3 is 2.61 bits per heavy atom. The largest absolute Gasteiger partial charge is 0.496 e. The summed E-state index contributed by atoms with van der Waals surface area (Å²) in [5.41, 5.74) is 1.88. The van der Waals surface area contributed by atoms with Crippen LogP contribution in [0.3, 0.4) is 0 Å². The first-order valence-corrected chi connectivity index (χ1v) is 10.4. The van der Waals surface area contributed by atoms with Gasteiger partial charge < -0.3 is 14.2 Å². The number of likely N-dealkylation sites (tertiary alicyclic amines) is 1. The summed E-state index contributed by atoms with van der Waals surface area (Å²) in [6.45, 7) is 3.71. The van der Waals surface area contributed by atoms with Gasteiger partial charge in [-0.05, 0) is 62.3 Å². The molecule has 2 aromatic carbocycles. The molecule has 2 heterocycles. The van der Waals surface area contributed by atoms with E-state index in [0.29, 0.717) is 19.0 Å². The number of nitrogens with zero attached hydrogens (tertiary/aromatic N) is 1. The molecule has 0 atom stereocenters. The van der Waals surface area contributed by atoms with Gasteiger partial charge in [-0.1, -0.05) is 15.9 Å². The molecule has 6 heteroatoms. The van der Waals surface area contributed by atoms with E-state index in [2.05, 4.69) is 26.9 Å². The predicted octanol–water partition coefficient (Wildman–Crippen LogP) is 4.32. The van der Waals surface area contributed by atoms with Gasteiger partial charge in [-0.2, -0.15) is 0 Å². The summed E-state index contributed by atoms with van der Waals surface area (Å²) in [5, 5.41) is 0. The van der Waals surface area contributed by atoms with Gasteiger partial charge in [0.25, 0.3) is 0 Å². The number of carbonyl (C=O) groups is 1. The van der Waals surface area contributed by atoms with Crippen molar-refractivity contribution in [2.45, 2.75) is 19.4 Å². The van der Waals surface area contributed by atoms with E-state index in [4.69, 9.17) is 14.2 Å². The van der Waals surface area contributed by atoms with Crippen molar-refractivity contribution in [2.24, 2.45) is 5.92 Å². The zero-order chi connectivity index (χ0) is 19.5. The smallest absolute Gasteiger partial charge is 0.166 e. The number of fused-ring (bicyclic) bond motifs is 1. The lowest BCUT2D eigenvalue weighted by atomic mass is 9.88. The fourth-order valence-electron chi connectivity index (χ4n) is 3.90. The van der Waals surface area contributed by atoms with Crippen LogP contribution in [0.25, 0.3) is 0 Å². The highest BCUT2D eigenvalue weighted by atomic mass is 79.9. The van der Waals surface area contributed by atoms with Crippen molar-refractivity contribution in [3.63, 3.8) is 0 Å². The number of hydrogen-bond donors (Lipinski definition) is 0. The highest BCUT2D eigenvalue weighted by Crippen LogP contribution is 2.33. The van der Waals surface area contributed by atoms with E-state index in [0.717, 1.165) is 59.6 Å². The normalized spacial score (nSPS) is 17.4. The van der Waals surface area contributed by atoms with Gasteiger partial charge in [0.1, 0.15) is 19.0 Å². The van der Waals surface area contributed by atoms with Crippen LogP contribution in [0.2, 0.25) is 0 Å². The molecule has 1 saturated heterocycles. The summed E-state index contributed by atoms with van der Waals surface area (Å²) in [7, 11) is 1.70. The highest BCUT2D eigenvalue weighted by molar-refractivity contribution is 9.10. The van der Waals surface area contributed by atoms with Crippen LogP contribution in [0.1, 0.15) is 28.8 Å². The minimum atomic E-state index is 0.0585. The van der Waals surface area contributed by atoms with Crippen molar-refractivity contribution < 1.29 is 19.0 Å². The van der Waals surface area contributed by atoms with Crippen LogP contribution < -0.4 is 14.2 Å². The third-order valence-corrected chi connectivity index (χ3v) is 5.91. The van der Waals surface area contributed by atoms with E-state index in [1.54, 1.807) is 7.11 Å². The Morgan fingerprint density at radius 2 is 1.86 bits per heavy atom. The summed E-state index contributed by atoms with van der Waals surface area (Å²) in [5.74, 6) is 2.56. The maximum absolute atomic E-state index is 13.0. The van der Waals surface area contributed by atoms with Crippen LogP contribution in [-0.4, -0.2) is 44.1 Å². The molecular weight excluding hydrogens is 422 g/mol. The molecule has 0 saturated carbocycles. The summed E-state index contributed by atoms with van der Waals surface area (Å²) in [4.78, 5) is 15.3. The number of piperidine rings is 1. The number of benzene rings is 2.